The van der Waals surface area contributed by atoms with Crippen LogP contribution in [0, 0.1) is 0 Å². The molecular weight excluding hydrogens is 847 g/mol. The van der Waals surface area contributed by atoms with E-state index in [4.69, 9.17) is 14.2 Å². The van der Waals surface area contributed by atoms with Gasteiger partial charge < -0.3 is 45.1 Å². The van der Waals surface area contributed by atoms with Crippen LogP contribution in [0.2, 0.25) is 0 Å². The minimum Gasteiger partial charge on any atom is -0.466 e. The molecule has 0 aromatic rings. The molecule has 386 valence electrons. The first-order chi connectivity index (χ1) is 32.7. The van der Waals surface area contributed by atoms with Gasteiger partial charge in [0.25, 0.3) is 0 Å². The normalized spacial score (nSPS) is 20.1. The minimum absolute atomic E-state index is 0.0565. The summed E-state index contributed by atoms with van der Waals surface area (Å²) in [6, 6.07) is -0.873. The Bertz CT molecular complexity index is 1340. The average Bonchev–Trinajstić information content (AvgIpc) is 3.32. The Morgan fingerprint density at radius 3 is 1.64 bits per heavy atom. The van der Waals surface area contributed by atoms with Crippen molar-refractivity contribution in [3.8, 4) is 0 Å². The summed E-state index contributed by atoms with van der Waals surface area (Å²) in [6.07, 6.45) is 48.5. The van der Waals surface area contributed by atoms with Crippen LogP contribution < -0.4 is 5.32 Å². The topological polar surface area (TPSA) is 175 Å². The second-order valence-electron chi connectivity index (χ2n) is 18.2. The van der Waals surface area contributed by atoms with E-state index < -0.39 is 49.5 Å². The smallest absolute Gasteiger partial charge is 0.305 e. The Kier molecular flexibility index (Phi) is 42.2. The number of esters is 1. The van der Waals surface area contributed by atoms with Crippen molar-refractivity contribution in [2.75, 3.05) is 19.8 Å². The van der Waals surface area contributed by atoms with Crippen LogP contribution in [0.25, 0.3) is 0 Å². The first-order valence-electron chi connectivity index (χ1n) is 26.7. The van der Waals surface area contributed by atoms with Crippen LogP contribution in [-0.4, -0.2) is 100 Å². The van der Waals surface area contributed by atoms with Crippen molar-refractivity contribution in [2.45, 2.75) is 249 Å². The number of unbranched alkanes of at least 4 members (excludes halogenated alkanes) is 20. The van der Waals surface area contributed by atoms with Gasteiger partial charge in [0.05, 0.1) is 32.0 Å². The lowest BCUT2D eigenvalue weighted by Crippen LogP contribution is -2.60. The maximum atomic E-state index is 12.9. The SMILES string of the molecule is CCCC/C=C\C/C=C\CCCCCCCC(=O)OCCCCCCCC/C=C\C/C=C\CCC(=O)NC(COC1OC(CO)C(O)C(O)C1O)C(O)/C=C/CC/C=C/CCCCCCCC. The molecule has 0 aliphatic carbocycles. The van der Waals surface area contributed by atoms with Gasteiger partial charge in [0.2, 0.25) is 5.91 Å². The number of nitrogens with one attached hydrogen (secondary N) is 1. The number of carbonyl (C=O) groups is 2. The third-order valence-corrected chi connectivity index (χ3v) is 12.0. The van der Waals surface area contributed by atoms with Crippen LogP contribution in [0.4, 0.5) is 0 Å². The van der Waals surface area contributed by atoms with E-state index >= 15 is 0 Å². The van der Waals surface area contributed by atoms with E-state index in [9.17, 15) is 35.1 Å². The number of hydrogen-bond acceptors (Lipinski definition) is 10. The highest BCUT2D eigenvalue weighted by molar-refractivity contribution is 5.76. The Morgan fingerprint density at radius 1 is 0.552 bits per heavy atom. The molecule has 0 spiro atoms. The van der Waals surface area contributed by atoms with Gasteiger partial charge in [-0.15, -0.1) is 0 Å². The van der Waals surface area contributed by atoms with Gasteiger partial charge >= 0.3 is 5.97 Å². The first kappa shape index (κ1) is 62.1. The standard InChI is InChI=1S/C56H97NO10/c1-3-5-7-9-11-13-15-17-20-24-28-32-36-40-44-52(61)65-45-41-37-33-29-25-21-18-19-23-27-31-35-39-43-51(60)57-48(47-66-56-55(64)54(63)53(62)50(46-58)67-56)49(59)42-38-34-30-26-22-16-14-12-10-8-6-4-2/h9,11,15,17,19,22-23,26,31,35,38,42,48-50,53-56,58-59,62-64H,3-8,10,12-14,16,18,20-21,24-25,27-30,32-34,36-37,39-41,43-47H2,1-2H3,(H,57,60)/b11-9-,17-15-,23-19-,26-22+,35-31-,42-38+. The molecule has 1 aliphatic rings. The molecule has 0 saturated carbocycles. The molecule has 1 saturated heterocycles. The van der Waals surface area contributed by atoms with Crippen LogP contribution in [-0.2, 0) is 23.8 Å². The lowest BCUT2D eigenvalue weighted by Gasteiger charge is -2.40. The molecule has 67 heavy (non-hydrogen) atoms. The molecule has 7 unspecified atom stereocenters. The molecule has 11 heteroatoms. The molecule has 1 heterocycles. The third-order valence-electron chi connectivity index (χ3n) is 12.0. The highest BCUT2D eigenvalue weighted by Crippen LogP contribution is 2.22. The van der Waals surface area contributed by atoms with Crippen LogP contribution in [0.15, 0.2) is 72.9 Å². The summed E-state index contributed by atoms with van der Waals surface area (Å²) in [5, 5.41) is 54.1. The molecule has 7 atom stereocenters. The van der Waals surface area contributed by atoms with E-state index in [1.165, 1.54) is 89.9 Å². The van der Waals surface area contributed by atoms with E-state index in [0.717, 1.165) is 83.5 Å². The summed E-state index contributed by atoms with van der Waals surface area (Å²) < 4.78 is 16.6. The predicted octanol–water partition coefficient (Wildman–Crippen LogP) is 11.3. The largest absolute Gasteiger partial charge is 0.466 e. The van der Waals surface area contributed by atoms with Crippen LogP contribution in [0.3, 0.4) is 0 Å². The highest BCUT2D eigenvalue weighted by Gasteiger charge is 2.44. The zero-order valence-corrected chi connectivity index (χ0v) is 42.1. The van der Waals surface area contributed by atoms with Gasteiger partial charge in [-0.1, -0.05) is 177 Å². The van der Waals surface area contributed by atoms with Gasteiger partial charge in [-0.25, -0.2) is 0 Å². The molecule has 0 radical (unpaired) electrons. The van der Waals surface area contributed by atoms with Gasteiger partial charge in [0, 0.05) is 12.8 Å². The number of allylic oxidation sites excluding steroid dienone is 11. The number of ether oxygens (including phenoxy) is 3. The number of aliphatic hydroxyl groups is 5. The molecule has 1 fully saturated rings. The molecule has 11 nitrogen and oxygen atoms in total. The van der Waals surface area contributed by atoms with E-state index in [1.807, 2.05) is 18.2 Å². The number of hydrogen-bond donors (Lipinski definition) is 6. The van der Waals surface area contributed by atoms with Gasteiger partial charge in [-0.05, 0) is 89.9 Å². The Labute approximate surface area is 407 Å². The second kappa shape index (κ2) is 45.5. The van der Waals surface area contributed by atoms with Crippen LogP contribution in [0.1, 0.15) is 206 Å². The van der Waals surface area contributed by atoms with Crippen molar-refractivity contribution in [3.63, 3.8) is 0 Å². The van der Waals surface area contributed by atoms with Gasteiger partial charge in [0.15, 0.2) is 6.29 Å². The molecular formula is C56H97NO10. The highest BCUT2D eigenvalue weighted by atomic mass is 16.7. The molecule has 1 amide bonds. The maximum Gasteiger partial charge on any atom is 0.305 e. The fraction of sp³-hybridized carbons (Fsp3) is 0.750. The molecule has 0 aromatic heterocycles. The number of amides is 1. The maximum absolute atomic E-state index is 12.9. The lowest BCUT2D eigenvalue weighted by atomic mass is 9.99. The van der Waals surface area contributed by atoms with Gasteiger partial charge in [0.1, 0.15) is 24.4 Å². The minimum atomic E-state index is -1.59. The van der Waals surface area contributed by atoms with Crippen molar-refractivity contribution in [1.29, 1.82) is 0 Å². The van der Waals surface area contributed by atoms with Crippen molar-refractivity contribution in [3.05, 3.63) is 72.9 Å². The van der Waals surface area contributed by atoms with Crippen LogP contribution >= 0.6 is 0 Å². The Balaban J connectivity index is 2.23. The average molecular weight is 944 g/mol. The lowest BCUT2D eigenvalue weighted by molar-refractivity contribution is -0.302. The Morgan fingerprint density at radius 2 is 1.04 bits per heavy atom. The number of aliphatic hydroxyl groups excluding tert-OH is 5. The summed E-state index contributed by atoms with van der Waals surface area (Å²) in [5.74, 6) is -0.333. The quantitative estimate of drug-likeness (QED) is 0.0196. The summed E-state index contributed by atoms with van der Waals surface area (Å²) >= 11 is 0. The zero-order chi connectivity index (χ0) is 48.8. The van der Waals surface area contributed by atoms with E-state index in [1.54, 1.807) is 6.08 Å². The molecule has 6 N–H and O–H groups in total. The summed E-state index contributed by atoms with van der Waals surface area (Å²) in [7, 11) is 0. The third kappa shape index (κ3) is 35.8. The molecule has 0 bridgehead atoms. The summed E-state index contributed by atoms with van der Waals surface area (Å²) in [4.78, 5) is 25.0. The van der Waals surface area contributed by atoms with Crippen LogP contribution in [0.5, 0.6) is 0 Å². The van der Waals surface area contributed by atoms with Crippen molar-refractivity contribution >= 4 is 11.9 Å². The van der Waals surface area contributed by atoms with Crippen molar-refractivity contribution in [2.24, 2.45) is 0 Å². The fourth-order valence-corrected chi connectivity index (χ4v) is 7.69. The fourth-order valence-electron chi connectivity index (χ4n) is 7.69. The van der Waals surface area contributed by atoms with E-state index in [-0.39, 0.29) is 24.9 Å². The first-order valence-corrected chi connectivity index (χ1v) is 26.7. The zero-order valence-electron chi connectivity index (χ0n) is 42.1. The molecule has 1 rings (SSSR count). The summed E-state index contributed by atoms with van der Waals surface area (Å²) in [5.41, 5.74) is 0. The van der Waals surface area contributed by atoms with Gasteiger partial charge in [-0.2, -0.15) is 0 Å². The number of rotatable bonds is 44. The second-order valence-corrected chi connectivity index (χ2v) is 18.2. The predicted molar refractivity (Wildman–Crippen MR) is 273 cm³/mol. The molecule has 1 aliphatic heterocycles. The van der Waals surface area contributed by atoms with Gasteiger partial charge in [-0.3, -0.25) is 9.59 Å². The van der Waals surface area contributed by atoms with E-state index in [0.29, 0.717) is 19.4 Å². The Hall–Kier alpha value is -2.90. The monoisotopic (exact) mass is 944 g/mol. The molecule has 0 aromatic carbocycles. The van der Waals surface area contributed by atoms with Crippen molar-refractivity contribution in [1.82, 2.24) is 5.32 Å². The number of carbonyl (C=O) groups excluding carboxylic acids is 2. The van der Waals surface area contributed by atoms with Crippen molar-refractivity contribution < 1.29 is 49.3 Å². The summed E-state index contributed by atoms with van der Waals surface area (Å²) in [6.45, 7) is 4.14. The van der Waals surface area contributed by atoms with E-state index in [2.05, 4.69) is 67.8 Å².